The summed E-state index contributed by atoms with van der Waals surface area (Å²) >= 11 is 0. The number of nitrogens with two attached hydrogens (primary N) is 1. The minimum atomic E-state index is -1.46. The van der Waals surface area contributed by atoms with Gasteiger partial charge in [0.25, 0.3) is 0 Å². The molecule has 0 saturated carbocycles. The van der Waals surface area contributed by atoms with Crippen molar-refractivity contribution in [1.29, 1.82) is 5.26 Å². The van der Waals surface area contributed by atoms with Crippen molar-refractivity contribution in [2.24, 2.45) is 11.7 Å². The number of amides is 1. The molecule has 3 N–H and O–H groups in total. The second-order valence-electron chi connectivity index (χ2n) is 10.6. The number of hydrogen-bond acceptors (Lipinski definition) is 6. The normalized spacial score (nSPS) is 18.7. The minimum Gasteiger partial charge on any atom is -0.439 e. The van der Waals surface area contributed by atoms with Crippen LogP contribution in [-0.4, -0.2) is 25.9 Å². The lowest BCUT2D eigenvalue weighted by Crippen LogP contribution is -2.45. The van der Waals surface area contributed by atoms with E-state index in [0.717, 1.165) is 34.8 Å². The van der Waals surface area contributed by atoms with Crippen LogP contribution in [0, 0.1) is 17.2 Å². The van der Waals surface area contributed by atoms with Gasteiger partial charge in [-0.15, -0.1) is 5.10 Å². The number of rotatable bonds is 5. The Bertz CT molecular complexity index is 1910. The van der Waals surface area contributed by atoms with Crippen LogP contribution in [-0.2, 0) is 23.3 Å². The van der Waals surface area contributed by atoms with Gasteiger partial charge in [0.1, 0.15) is 28.5 Å². The maximum atomic E-state index is 14.8. The third-order valence-electron chi connectivity index (χ3n) is 8.24. The molecule has 0 saturated heterocycles. The van der Waals surface area contributed by atoms with E-state index in [4.69, 9.17) is 10.5 Å². The quantitative estimate of drug-likeness (QED) is 0.334. The van der Waals surface area contributed by atoms with Crippen LogP contribution >= 0.6 is 0 Å². The van der Waals surface area contributed by atoms with Crippen molar-refractivity contribution in [3.05, 3.63) is 95.1 Å². The zero-order valence-corrected chi connectivity index (χ0v) is 22.2. The maximum Gasteiger partial charge on any atom is 0.248 e. The number of anilines is 1. The van der Waals surface area contributed by atoms with E-state index in [9.17, 15) is 10.1 Å². The van der Waals surface area contributed by atoms with Crippen LogP contribution in [0.25, 0.3) is 21.8 Å². The number of nitrogens with zero attached hydrogens (tertiary/aromatic N) is 5. The van der Waals surface area contributed by atoms with Crippen molar-refractivity contribution < 1.29 is 9.53 Å². The summed E-state index contributed by atoms with van der Waals surface area (Å²) in [6, 6.07) is 21.5. The monoisotopic (exact) mass is 529 g/mol. The number of hydrogen-bond donors (Lipinski definition) is 2. The van der Waals surface area contributed by atoms with Crippen molar-refractivity contribution in [3.63, 3.8) is 0 Å². The standard InChI is InChI=1S/C31H27N7O2/c1-3-18(2)15-37-16-19(35-36-37)17-38-26-11-7-5-9-21(26)31(30(38)39)22-12-13-25-27(20-8-4-6-10-24(20)34-25)28(22)40-29(33)23(31)14-32/h4-13,16,18,34H,3,15,17,33H2,1-2H3. The molecule has 4 heterocycles. The lowest BCUT2D eigenvalue weighted by molar-refractivity contribution is -0.121. The van der Waals surface area contributed by atoms with Crippen LogP contribution in [0.3, 0.4) is 0 Å². The first-order valence-corrected chi connectivity index (χ1v) is 13.4. The van der Waals surface area contributed by atoms with Gasteiger partial charge in [0.05, 0.1) is 23.6 Å². The Morgan fingerprint density at radius 2 is 1.90 bits per heavy atom. The number of nitriles is 1. The second kappa shape index (κ2) is 8.71. The first kappa shape index (κ1) is 24.0. The number of carbonyl (C=O) groups excluding carboxylic acids is 1. The zero-order chi connectivity index (χ0) is 27.6. The van der Waals surface area contributed by atoms with Crippen LogP contribution < -0.4 is 15.4 Å². The Labute approximate surface area is 230 Å². The molecule has 9 heteroatoms. The molecule has 40 heavy (non-hydrogen) atoms. The van der Waals surface area contributed by atoms with Gasteiger partial charge in [-0.05, 0) is 24.1 Å². The topological polar surface area (TPSA) is 126 Å². The summed E-state index contributed by atoms with van der Waals surface area (Å²) in [6.45, 7) is 5.27. The first-order chi connectivity index (χ1) is 19.5. The molecule has 0 aliphatic carbocycles. The summed E-state index contributed by atoms with van der Waals surface area (Å²) in [4.78, 5) is 19.9. The highest BCUT2D eigenvalue weighted by Gasteiger charge is 2.59. The van der Waals surface area contributed by atoms with Gasteiger partial charge in [0.15, 0.2) is 0 Å². The molecule has 1 amide bonds. The highest BCUT2D eigenvalue weighted by atomic mass is 16.5. The summed E-state index contributed by atoms with van der Waals surface area (Å²) < 4.78 is 8.01. The number of carbonyl (C=O) groups is 1. The van der Waals surface area contributed by atoms with E-state index in [1.165, 1.54) is 0 Å². The molecule has 1 spiro atoms. The zero-order valence-electron chi connectivity index (χ0n) is 22.2. The molecule has 5 aromatic rings. The van der Waals surface area contributed by atoms with Crippen molar-refractivity contribution in [2.45, 2.75) is 38.8 Å². The van der Waals surface area contributed by atoms with E-state index in [-0.39, 0.29) is 23.9 Å². The van der Waals surface area contributed by atoms with Gasteiger partial charge < -0.3 is 20.4 Å². The molecule has 2 aliphatic heterocycles. The Morgan fingerprint density at radius 1 is 1.10 bits per heavy atom. The van der Waals surface area contributed by atoms with E-state index in [1.807, 2.05) is 71.5 Å². The van der Waals surface area contributed by atoms with Crippen molar-refractivity contribution >= 4 is 33.4 Å². The van der Waals surface area contributed by atoms with Crippen molar-refractivity contribution in [1.82, 2.24) is 20.0 Å². The highest BCUT2D eigenvalue weighted by molar-refractivity contribution is 6.17. The lowest BCUT2D eigenvalue weighted by atomic mass is 9.68. The number of aromatic nitrogens is 4. The molecule has 0 bridgehead atoms. The van der Waals surface area contributed by atoms with Crippen LogP contribution in [0.2, 0.25) is 0 Å². The van der Waals surface area contributed by atoms with Crippen LogP contribution in [0.1, 0.15) is 37.1 Å². The van der Waals surface area contributed by atoms with Crippen molar-refractivity contribution in [3.8, 4) is 11.8 Å². The van der Waals surface area contributed by atoms with Gasteiger partial charge in [-0.25, -0.2) is 0 Å². The van der Waals surface area contributed by atoms with Gasteiger partial charge in [0, 0.05) is 34.3 Å². The number of fused-ring (bicyclic) bond motifs is 8. The van der Waals surface area contributed by atoms with E-state index in [1.54, 1.807) is 4.90 Å². The highest BCUT2D eigenvalue weighted by Crippen LogP contribution is 2.57. The molecule has 2 aliphatic rings. The fourth-order valence-corrected chi connectivity index (χ4v) is 6.15. The predicted octanol–water partition coefficient (Wildman–Crippen LogP) is 4.88. The van der Waals surface area contributed by atoms with Gasteiger partial charge in [-0.2, -0.15) is 5.26 Å². The van der Waals surface area contributed by atoms with E-state index < -0.39 is 5.41 Å². The Kier molecular flexibility index (Phi) is 5.22. The summed E-state index contributed by atoms with van der Waals surface area (Å²) in [5, 5.41) is 20.8. The minimum absolute atomic E-state index is 0.0720. The SMILES string of the molecule is CCC(C)Cn1cc(CN2C(=O)C3(C(C#N)=C(N)Oc4c3ccc3[nH]c5ccccc5c43)c3ccccc32)nn1. The largest absolute Gasteiger partial charge is 0.439 e. The van der Waals surface area contributed by atoms with Crippen LogP contribution in [0.5, 0.6) is 5.75 Å². The molecule has 2 atom stereocenters. The number of para-hydroxylation sites is 2. The average molecular weight is 530 g/mol. The Morgan fingerprint density at radius 3 is 2.73 bits per heavy atom. The number of benzene rings is 3. The molecule has 198 valence electrons. The average Bonchev–Trinajstić information content (AvgIpc) is 3.64. The Hall–Kier alpha value is -5.10. The van der Waals surface area contributed by atoms with Gasteiger partial charge in [-0.1, -0.05) is 67.9 Å². The molecular weight excluding hydrogens is 502 g/mol. The Balaban J connectivity index is 1.43. The number of H-pyrrole nitrogens is 1. The second-order valence-corrected chi connectivity index (χ2v) is 10.6. The molecule has 7 rings (SSSR count). The van der Waals surface area contributed by atoms with Crippen LogP contribution in [0.15, 0.2) is 78.3 Å². The molecule has 2 unspecified atom stereocenters. The van der Waals surface area contributed by atoms with Crippen molar-refractivity contribution in [2.75, 3.05) is 4.90 Å². The predicted molar refractivity (Wildman–Crippen MR) is 151 cm³/mol. The summed E-state index contributed by atoms with van der Waals surface area (Å²) in [7, 11) is 0. The fraction of sp³-hybridized carbons (Fsp3) is 0.226. The molecule has 0 fully saturated rings. The van der Waals surface area contributed by atoms with E-state index in [2.05, 4.69) is 35.2 Å². The molecule has 0 radical (unpaired) electrons. The number of nitrogens with one attached hydrogen (secondary N) is 1. The third kappa shape index (κ3) is 3.16. The molecule has 3 aromatic carbocycles. The summed E-state index contributed by atoms with van der Waals surface area (Å²) in [5.41, 5.74) is 9.55. The number of ether oxygens (including phenoxy) is 1. The van der Waals surface area contributed by atoms with Gasteiger partial charge >= 0.3 is 0 Å². The fourth-order valence-electron chi connectivity index (χ4n) is 6.15. The van der Waals surface area contributed by atoms with E-state index in [0.29, 0.717) is 34.2 Å². The smallest absolute Gasteiger partial charge is 0.248 e. The third-order valence-corrected chi connectivity index (χ3v) is 8.24. The van der Waals surface area contributed by atoms with Gasteiger partial charge in [-0.3, -0.25) is 9.48 Å². The lowest BCUT2D eigenvalue weighted by Gasteiger charge is -2.34. The van der Waals surface area contributed by atoms with Gasteiger partial charge in [0.2, 0.25) is 11.8 Å². The molecular formula is C31H27N7O2. The summed E-state index contributed by atoms with van der Waals surface area (Å²) in [6.07, 6.45) is 2.92. The molecule has 9 nitrogen and oxygen atoms in total. The first-order valence-electron chi connectivity index (χ1n) is 13.4. The summed E-state index contributed by atoms with van der Waals surface area (Å²) in [5.74, 6) is 0.597. The van der Waals surface area contributed by atoms with Crippen LogP contribution in [0.4, 0.5) is 5.69 Å². The van der Waals surface area contributed by atoms with E-state index >= 15 is 0 Å². The maximum absolute atomic E-state index is 14.8. The molecule has 2 aromatic heterocycles. The number of aromatic amines is 1.